The Hall–Kier alpha value is -1.59. The zero-order chi connectivity index (χ0) is 18.1. The number of amides is 1. The lowest BCUT2D eigenvalue weighted by molar-refractivity contribution is -0.133. The summed E-state index contributed by atoms with van der Waals surface area (Å²) in [6, 6.07) is 8.29. The molecule has 5 nitrogen and oxygen atoms in total. The maximum atomic E-state index is 12.1. The molecule has 0 saturated carbocycles. The van der Waals surface area contributed by atoms with Gasteiger partial charge in [-0.15, -0.1) is 0 Å². The molecular formula is C20H32N2O3. The van der Waals surface area contributed by atoms with Gasteiger partial charge in [-0.25, -0.2) is 0 Å². The zero-order valence-electron chi connectivity index (χ0n) is 15.8. The quantitative estimate of drug-likeness (QED) is 0.746. The second-order valence-corrected chi connectivity index (χ2v) is 6.66. The van der Waals surface area contributed by atoms with E-state index in [1.54, 1.807) is 7.11 Å². The molecule has 1 heterocycles. The highest BCUT2D eigenvalue weighted by Crippen LogP contribution is 2.19. The van der Waals surface area contributed by atoms with Gasteiger partial charge in [-0.3, -0.25) is 9.69 Å². The van der Waals surface area contributed by atoms with E-state index in [4.69, 9.17) is 9.47 Å². The number of methoxy groups -OCH3 is 1. The number of hydrogen-bond acceptors (Lipinski definition) is 4. The van der Waals surface area contributed by atoms with Crippen molar-refractivity contribution in [2.75, 3.05) is 33.4 Å². The van der Waals surface area contributed by atoms with E-state index in [1.165, 1.54) is 5.56 Å². The minimum atomic E-state index is -0.305. The molecule has 140 valence electrons. The molecule has 1 aliphatic heterocycles. The molecule has 0 radical (unpaired) electrons. The van der Waals surface area contributed by atoms with Crippen LogP contribution in [0.4, 0.5) is 0 Å². The standard InChI is InChI=1S/C20H32N2O3/c1-4-19(25-5-2)20(23)21-14-16-10-12-22(13-11-16)15-17-6-8-18(24-3)9-7-17/h6-9,16,19H,4-5,10-15H2,1-3H3,(H,21,23)/t19-/m0/s1. The van der Waals surface area contributed by atoms with E-state index in [1.807, 2.05) is 26.0 Å². The normalized spacial score (nSPS) is 17.2. The second-order valence-electron chi connectivity index (χ2n) is 6.66. The Bertz CT molecular complexity index is 510. The Morgan fingerprint density at radius 1 is 1.24 bits per heavy atom. The average Bonchev–Trinajstić information content (AvgIpc) is 2.66. The largest absolute Gasteiger partial charge is 0.497 e. The molecule has 1 atom stereocenters. The van der Waals surface area contributed by atoms with Gasteiger partial charge >= 0.3 is 0 Å². The lowest BCUT2D eigenvalue weighted by atomic mass is 9.96. The number of likely N-dealkylation sites (tertiary alicyclic amines) is 1. The molecule has 1 aromatic carbocycles. The SMILES string of the molecule is CCO[C@@H](CC)C(=O)NCC1CCN(Cc2ccc(OC)cc2)CC1. The maximum Gasteiger partial charge on any atom is 0.249 e. The van der Waals surface area contributed by atoms with Gasteiger partial charge in [-0.05, 0) is 62.9 Å². The van der Waals surface area contributed by atoms with Gasteiger partial charge in [-0.1, -0.05) is 19.1 Å². The molecule has 1 amide bonds. The van der Waals surface area contributed by atoms with Crippen LogP contribution in [0.5, 0.6) is 5.75 Å². The Kier molecular flexibility index (Phi) is 8.22. The highest BCUT2D eigenvalue weighted by atomic mass is 16.5. The summed E-state index contributed by atoms with van der Waals surface area (Å²) >= 11 is 0. The van der Waals surface area contributed by atoms with Crippen LogP contribution in [0.2, 0.25) is 0 Å². The molecule has 1 aromatic rings. The molecule has 0 aromatic heterocycles. The van der Waals surface area contributed by atoms with E-state index in [0.717, 1.165) is 51.2 Å². The topological polar surface area (TPSA) is 50.8 Å². The van der Waals surface area contributed by atoms with E-state index in [9.17, 15) is 4.79 Å². The van der Waals surface area contributed by atoms with Gasteiger partial charge in [-0.2, -0.15) is 0 Å². The molecule has 1 N–H and O–H groups in total. The van der Waals surface area contributed by atoms with Crippen molar-refractivity contribution in [3.05, 3.63) is 29.8 Å². The molecule has 1 fully saturated rings. The Labute approximate surface area is 151 Å². The molecule has 0 aliphatic carbocycles. The van der Waals surface area contributed by atoms with Gasteiger partial charge in [0.2, 0.25) is 5.91 Å². The minimum Gasteiger partial charge on any atom is -0.497 e. The van der Waals surface area contributed by atoms with Crippen LogP contribution in [0.3, 0.4) is 0 Å². The highest BCUT2D eigenvalue weighted by molar-refractivity contribution is 5.80. The highest BCUT2D eigenvalue weighted by Gasteiger charge is 2.22. The van der Waals surface area contributed by atoms with Crippen LogP contribution >= 0.6 is 0 Å². The van der Waals surface area contributed by atoms with Crippen molar-refractivity contribution in [1.29, 1.82) is 0 Å². The molecule has 25 heavy (non-hydrogen) atoms. The fraction of sp³-hybridized carbons (Fsp3) is 0.650. The second kappa shape index (κ2) is 10.4. The number of nitrogens with one attached hydrogen (secondary N) is 1. The predicted octanol–water partition coefficient (Wildman–Crippen LogP) is 2.84. The summed E-state index contributed by atoms with van der Waals surface area (Å²) in [6.45, 7) is 8.39. The predicted molar refractivity (Wildman–Crippen MR) is 99.7 cm³/mol. The first kappa shape index (κ1) is 19.7. The number of carbonyl (C=O) groups is 1. The number of benzene rings is 1. The van der Waals surface area contributed by atoms with Crippen molar-refractivity contribution >= 4 is 5.91 Å². The van der Waals surface area contributed by atoms with Gasteiger partial charge in [0.25, 0.3) is 0 Å². The van der Waals surface area contributed by atoms with Crippen LogP contribution in [0.1, 0.15) is 38.7 Å². The van der Waals surface area contributed by atoms with Crippen LogP contribution in [-0.4, -0.2) is 50.3 Å². The number of carbonyl (C=O) groups excluding carboxylic acids is 1. The van der Waals surface area contributed by atoms with Crippen LogP contribution in [0.15, 0.2) is 24.3 Å². The van der Waals surface area contributed by atoms with E-state index in [0.29, 0.717) is 12.5 Å². The van der Waals surface area contributed by atoms with Crippen LogP contribution < -0.4 is 10.1 Å². The summed E-state index contributed by atoms with van der Waals surface area (Å²) in [7, 11) is 1.69. The van der Waals surface area contributed by atoms with Gasteiger partial charge in [0.15, 0.2) is 0 Å². The molecule has 2 rings (SSSR count). The summed E-state index contributed by atoms with van der Waals surface area (Å²) in [4.78, 5) is 14.6. The monoisotopic (exact) mass is 348 g/mol. The Morgan fingerprint density at radius 3 is 2.48 bits per heavy atom. The number of ether oxygens (including phenoxy) is 2. The van der Waals surface area contributed by atoms with Crippen molar-refractivity contribution < 1.29 is 14.3 Å². The van der Waals surface area contributed by atoms with Crippen LogP contribution in [0.25, 0.3) is 0 Å². The van der Waals surface area contributed by atoms with E-state index in [-0.39, 0.29) is 12.0 Å². The number of nitrogens with zero attached hydrogens (tertiary/aromatic N) is 1. The number of rotatable bonds is 9. The fourth-order valence-electron chi connectivity index (χ4n) is 3.28. The summed E-state index contributed by atoms with van der Waals surface area (Å²) in [5.41, 5.74) is 1.31. The van der Waals surface area contributed by atoms with E-state index >= 15 is 0 Å². The Balaban J connectivity index is 1.69. The fourth-order valence-corrected chi connectivity index (χ4v) is 3.28. The zero-order valence-corrected chi connectivity index (χ0v) is 15.8. The van der Waals surface area contributed by atoms with Gasteiger partial charge in [0, 0.05) is 19.7 Å². The van der Waals surface area contributed by atoms with Gasteiger partial charge in [0.1, 0.15) is 11.9 Å². The smallest absolute Gasteiger partial charge is 0.249 e. The number of hydrogen-bond donors (Lipinski definition) is 1. The third-order valence-electron chi connectivity index (χ3n) is 4.87. The van der Waals surface area contributed by atoms with Crippen molar-refractivity contribution in [2.45, 2.75) is 45.8 Å². The summed E-state index contributed by atoms with van der Waals surface area (Å²) in [6.07, 6.45) is 2.67. The number of piperidine rings is 1. The molecular weight excluding hydrogens is 316 g/mol. The maximum absolute atomic E-state index is 12.1. The van der Waals surface area contributed by atoms with Crippen LogP contribution in [0, 0.1) is 5.92 Å². The summed E-state index contributed by atoms with van der Waals surface area (Å²) in [5, 5.41) is 3.07. The molecule has 1 saturated heterocycles. The molecule has 5 heteroatoms. The first-order valence-electron chi connectivity index (χ1n) is 9.40. The molecule has 0 bridgehead atoms. The van der Waals surface area contributed by atoms with Crippen molar-refractivity contribution in [1.82, 2.24) is 10.2 Å². The van der Waals surface area contributed by atoms with Crippen LogP contribution in [-0.2, 0) is 16.1 Å². The lowest BCUT2D eigenvalue weighted by Gasteiger charge is -2.32. The molecule has 0 spiro atoms. The third-order valence-corrected chi connectivity index (χ3v) is 4.87. The van der Waals surface area contributed by atoms with Crippen molar-refractivity contribution in [2.24, 2.45) is 5.92 Å². The molecule has 1 aliphatic rings. The Morgan fingerprint density at radius 2 is 1.92 bits per heavy atom. The van der Waals surface area contributed by atoms with Crippen molar-refractivity contribution in [3.8, 4) is 5.75 Å². The van der Waals surface area contributed by atoms with Crippen molar-refractivity contribution in [3.63, 3.8) is 0 Å². The molecule has 0 unspecified atom stereocenters. The minimum absolute atomic E-state index is 0.0324. The average molecular weight is 348 g/mol. The third kappa shape index (κ3) is 6.33. The summed E-state index contributed by atoms with van der Waals surface area (Å²) < 4.78 is 10.7. The van der Waals surface area contributed by atoms with E-state index < -0.39 is 0 Å². The van der Waals surface area contributed by atoms with E-state index in [2.05, 4.69) is 22.3 Å². The van der Waals surface area contributed by atoms with Gasteiger partial charge < -0.3 is 14.8 Å². The first-order chi connectivity index (χ1) is 12.2. The van der Waals surface area contributed by atoms with Gasteiger partial charge in [0.05, 0.1) is 7.11 Å². The summed E-state index contributed by atoms with van der Waals surface area (Å²) in [5.74, 6) is 1.50. The lowest BCUT2D eigenvalue weighted by Crippen LogP contribution is -2.42. The first-order valence-corrected chi connectivity index (χ1v) is 9.40.